The SMILES string of the molecule is CCN(C=O)C1=C(C(=O)N(C)CCCO)N(Cc2ccc(Cl)cc2)C(OC(C)C)N1. The maximum atomic E-state index is 13.4. The zero-order chi connectivity index (χ0) is 22.3. The van der Waals surface area contributed by atoms with E-state index in [1.807, 2.05) is 37.8 Å². The normalized spacial score (nSPS) is 16.1. The van der Waals surface area contributed by atoms with Crippen LogP contribution in [0.5, 0.6) is 0 Å². The molecule has 166 valence electrons. The van der Waals surface area contributed by atoms with Crippen molar-refractivity contribution in [3.05, 3.63) is 46.4 Å². The summed E-state index contributed by atoms with van der Waals surface area (Å²) in [6.45, 7) is 6.82. The predicted octanol–water partition coefficient (Wildman–Crippen LogP) is 1.94. The van der Waals surface area contributed by atoms with Crippen molar-refractivity contribution in [1.82, 2.24) is 20.0 Å². The third-order valence-electron chi connectivity index (χ3n) is 4.68. The van der Waals surface area contributed by atoms with Crippen LogP contribution in [0, 0.1) is 0 Å². The lowest BCUT2D eigenvalue weighted by Gasteiger charge is -2.30. The van der Waals surface area contributed by atoms with Crippen molar-refractivity contribution in [2.24, 2.45) is 0 Å². The van der Waals surface area contributed by atoms with Crippen molar-refractivity contribution < 1.29 is 19.4 Å². The second-order valence-corrected chi connectivity index (χ2v) is 7.76. The van der Waals surface area contributed by atoms with E-state index in [-0.39, 0.29) is 18.6 Å². The summed E-state index contributed by atoms with van der Waals surface area (Å²) in [5, 5.41) is 13.0. The number of amides is 2. The van der Waals surface area contributed by atoms with Crippen LogP contribution in [0.1, 0.15) is 32.8 Å². The maximum Gasteiger partial charge on any atom is 0.273 e. The molecule has 0 spiro atoms. The van der Waals surface area contributed by atoms with Gasteiger partial charge in [0.2, 0.25) is 12.8 Å². The summed E-state index contributed by atoms with van der Waals surface area (Å²) in [4.78, 5) is 29.9. The van der Waals surface area contributed by atoms with E-state index in [0.29, 0.717) is 49.0 Å². The van der Waals surface area contributed by atoms with Crippen LogP contribution in [0.4, 0.5) is 0 Å². The molecule has 1 unspecified atom stereocenters. The van der Waals surface area contributed by atoms with Gasteiger partial charge in [0, 0.05) is 38.3 Å². The average Bonchev–Trinajstić information content (AvgIpc) is 3.05. The Hall–Kier alpha value is -2.29. The molecule has 2 N–H and O–H groups in total. The Morgan fingerprint density at radius 1 is 1.37 bits per heavy atom. The molecule has 2 rings (SSSR count). The highest BCUT2D eigenvalue weighted by Gasteiger charge is 2.39. The quantitative estimate of drug-likeness (QED) is 0.513. The van der Waals surface area contributed by atoms with E-state index >= 15 is 0 Å². The van der Waals surface area contributed by atoms with E-state index in [4.69, 9.17) is 21.4 Å². The summed E-state index contributed by atoms with van der Waals surface area (Å²) < 4.78 is 6.02. The van der Waals surface area contributed by atoms with E-state index in [2.05, 4.69) is 5.32 Å². The number of carbonyl (C=O) groups excluding carboxylic acids is 2. The molecule has 0 saturated heterocycles. The molecule has 1 aliphatic rings. The summed E-state index contributed by atoms with van der Waals surface area (Å²) >= 11 is 6.01. The molecular formula is C21H31ClN4O4. The van der Waals surface area contributed by atoms with Gasteiger partial charge in [-0.1, -0.05) is 23.7 Å². The lowest BCUT2D eigenvalue weighted by atomic mass is 10.2. The van der Waals surface area contributed by atoms with Crippen molar-refractivity contribution in [2.45, 2.75) is 46.2 Å². The first-order chi connectivity index (χ1) is 14.3. The molecule has 9 heteroatoms. The van der Waals surface area contributed by atoms with Gasteiger partial charge in [0.15, 0.2) is 0 Å². The molecule has 0 bridgehead atoms. The molecule has 2 amide bonds. The Kier molecular flexibility index (Phi) is 8.95. The molecule has 1 aromatic carbocycles. The molecule has 1 aliphatic heterocycles. The highest BCUT2D eigenvalue weighted by molar-refractivity contribution is 6.30. The van der Waals surface area contributed by atoms with Crippen molar-refractivity contribution in [3.8, 4) is 0 Å². The molecule has 0 aliphatic carbocycles. The fourth-order valence-electron chi connectivity index (χ4n) is 3.15. The lowest BCUT2D eigenvalue weighted by Crippen LogP contribution is -2.44. The van der Waals surface area contributed by atoms with Gasteiger partial charge in [0.05, 0.1) is 6.10 Å². The number of carbonyl (C=O) groups is 2. The minimum Gasteiger partial charge on any atom is -0.396 e. The topological polar surface area (TPSA) is 85.4 Å². The molecular weight excluding hydrogens is 408 g/mol. The van der Waals surface area contributed by atoms with Crippen LogP contribution >= 0.6 is 11.6 Å². The lowest BCUT2D eigenvalue weighted by molar-refractivity contribution is -0.131. The first-order valence-corrected chi connectivity index (χ1v) is 10.5. The van der Waals surface area contributed by atoms with Gasteiger partial charge in [-0.25, -0.2) is 0 Å². The molecule has 30 heavy (non-hydrogen) atoms. The summed E-state index contributed by atoms with van der Waals surface area (Å²) in [6.07, 6.45) is 0.438. The van der Waals surface area contributed by atoms with Crippen LogP contribution < -0.4 is 5.32 Å². The number of likely N-dealkylation sites (N-methyl/N-ethyl adjacent to an activating group) is 1. The third-order valence-corrected chi connectivity index (χ3v) is 4.93. The smallest absolute Gasteiger partial charge is 0.273 e. The Balaban J connectivity index is 2.47. The Bertz CT molecular complexity index is 754. The zero-order valence-electron chi connectivity index (χ0n) is 18.0. The number of ether oxygens (including phenoxy) is 1. The highest BCUT2D eigenvalue weighted by atomic mass is 35.5. The van der Waals surface area contributed by atoms with E-state index in [0.717, 1.165) is 5.56 Å². The molecule has 0 aromatic heterocycles. The van der Waals surface area contributed by atoms with Gasteiger partial charge in [0.1, 0.15) is 11.5 Å². The minimum absolute atomic E-state index is 0.00915. The second kappa shape index (κ2) is 11.2. The average molecular weight is 439 g/mol. The van der Waals surface area contributed by atoms with Gasteiger partial charge in [-0.3, -0.25) is 14.5 Å². The number of aliphatic hydroxyl groups excluding tert-OH is 1. The number of benzene rings is 1. The maximum absolute atomic E-state index is 13.4. The molecule has 8 nitrogen and oxygen atoms in total. The number of hydrogen-bond donors (Lipinski definition) is 2. The minimum atomic E-state index is -0.616. The number of nitrogens with zero attached hydrogens (tertiary/aromatic N) is 3. The molecule has 0 fully saturated rings. The molecule has 0 radical (unpaired) electrons. The van der Waals surface area contributed by atoms with E-state index in [1.165, 1.54) is 4.90 Å². The van der Waals surface area contributed by atoms with Gasteiger partial charge in [-0.05, 0) is 44.9 Å². The monoisotopic (exact) mass is 438 g/mol. The van der Waals surface area contributed by atoms with Gasteiger partial charge < -0.3 is 25.0 Å². The summed E-state index contributed by atoms with van der Waals surface area (Å²) in [6, 6.07) is 7.37. The highest BCUT2D eigenvalue weighted by Crippen LogP contribution is 2.28. The van der Waals surface area contributed by atoms with Crippen LogP contribution in [-0.4, -0.2) is 71.3 Å². The Labute approximate surface area is 183 Å². The molecule has 1 atom stereocenters. The predicted molar refractivity (Wildman–Crippen MR) is 115 cm³/mol. The van der Waals surface area contributed by atoms with Gasteiger partial charge in [-0.2, -0.15) is 0 Å². The fraction of sp³-hybridized carbons (Fsp3) is 0.524. The number of hydrogen-bond acceptors (Lipinski definition) is 6. The largest absolute Gasteiger partial charge is 0.396 e. The van der Waals surface area contributed by atoms with Gasteiger partial charge in [-0.15, -0.1) is 0 Å². The number of nitrogens with one attached hydrogen (secondary N) is 1. The van der Waals surface area contributed by atoms with Crippen molar-refractivity contribution in [2.75, 3.05) is 26.7 Å². The van der Waals surface area contributed by atoms with Crippen LogP contribution in [0.3, 0.4) is 0 Å². The first kappa shape index (κ1) is 24.0. The fourth-order valence-corrected chi connectivity index (χ4v) is 3.27. The number of aliphatic hydroxyl groups is 1. The Morgan fingerprint density at radius 3 is 2.57 bits per heavy atom. The summed E-state index contributed by atoms with van der Waals surface area (Å²) in [7, 11) is 1.68. The summed E-state index contributed by atoms with van der Waals surface area (Å²) in [5.74, 6) is 0.156. The van der Waals surface area contributed by atoms with Gasteiger partial charge in [0.25, 0.3) is 5.91 Å². The van der Waals surface area contributed by atoms with E-state index in [1.54, 1.807) is 24.1 Å². The van der Waals surface area contributed by atoms with Crippen LogP contribution in [0.2, 0.25) is 5.02 Å². The summed E-state index contributed by atoms with van der Waals surface area (Å²) in [5.41, 5.74) is 1.29. The zero-order valence-corrected chi connectivity index (χ0v) is 18.7. The standard InChI is InChI=1S/C21H31ClN4O4/c1-5-25(14-28)19-18(20(29)24(4)11-6-12-27)26(21(23-19)30-15(2)3)13-16-7-9-17(22)10-8-16/h7-10,14-15,21,23,27H,5-6,11-13H2,1-4H3. The van der Waals surface area contributed by atoms with Crippen molar-refractivity contribution >= 4 is 23.9 Å². The molecule has 1 aromatic rings. The van der Waals surface area contributed by atoms with E-state index in [9.17, 15) is 9.59 Å². The molecule has 0 saturated carbocycles. The third kappa shape index (κ3) is 5.87. The van der Waals surface area contributed by atoms with Crippen LogP contribution in [0.25, 0.3) is 0 Å². The first-order valence-electron chi connectivity index (χ1n) is 10.1. The number of rotatable bonds is 11. The van der Waals surface area contributed by atoms with Crippen LogP contribution in [-0.2, 0) is 20.9 Å². The van der Waals surface area contributed by atoms with Crippen molar-refractivity contribution in [3.63, 3.8) is 0 Å². The second-order valence-electron chi connectivity index (χ2n) is 7.33. The van der Waals surface area contributed by atoms with E-state index < -0.39 is 6.35 Å². The van der Waals surface area contributed by atoms with Gasteiger partial charge >= 0.3 is 0 Å². The van der Waals surface area contributed by atoms with Crippen LogP contribution in [0.15, 0.2) is 35.8 Å². The molecule has 1 heterocycles. The Morgan fingerprint density at radius 2 is 2.03 bits per heavy atom. The van der Waals surface area contributed by atoms with Crippen molar-refractivity contribution in [1.29, 1.82) is 0 Å². The number of halogens is 1.